The Morgan fingerprint density at radius 2 is 1.86 bits per heavy atom. The van der Waals surface area contributed by atoms with Crippen LogP contribution in [0.4, 0.5) is 11.8 Å². The molecule has 0 saturated carbocycles. The number of aliphatic hydroxyl groups is 1. The minimum atomic E-state index is -1.21. The first-order valence-corrected chi connectivity index (χ1v) is 8.72. The van der Waals surface area contributed by atoms with Gasteiger partial charge in [0.1, 0.15) is 17.8 Å². The van der Waals surface area contributed by atoms with E-state index >= 15 is 0 Å². The third-order valence-corrected chi connectivity index (χ3v) is 4.55. The Hall–Kier alpha value is -3.23. The molecule has 0 bridgehead atoms. The van der Waals surface area contributed by atoms with Crippen molar-refractivity contribution in [2.24, 2.45) is 0 Å². The molecule has 4 rings (SSSR count). The number of hydrogen-bond donors (Lipinski definition) is 3. The van der Waals surface area contributed by atoms with Crippen molar-refractivity contribution in [2.75, 3.05) is 24.9 Å². The van der Waals surface area contributed by atoms with Gasteiger partial charge in [-0.15, -0.1) is 12.4 Å². The van der Waals surface area contributed by atoms with Gasteiger partial charge in [0.05, 0.1) is 17.5 Å². The summed E-state index contributed by atoms with van der Waals surface area (Å²) in [5.74, 6) is 1.08. The van der Waals surface area contributed by atoms with Gasteiger partial charge >= 0.3 is 0 Å². The Balaban J connectivity index is 0.00000240. The molecule has 0 fully saturated rings. The van der Waals surface area contributed by atoms with Gasteiger partial charge < -0.3 is 30.8 Å². The van der Waals surface area contributed by atoms with Crippen molar-refractivity contribution < 1.29 is 19.3 Å². The number of aliphatic hydroxyl groups excluding tert-OH is 1. The number of aromatic nitrogens is 2. The van der Waals surface area contributed by atoms with Gasteiger partial charge in [-0.2, -0.15) is 4.98 Å². The summed E-state index contributed by atoms with van der Waals surface area (Å²) in [6.45, 7) is -0.282. The highest BCUT2D eigenvalue weighted by atomic mass is 35.5. The van der Waals surface area contributed by atoms with Crippen LogP contribution in [0.15, 0.2) is 60.6 Å². The highest BCUT2D eigenvalue weighted by Gasteiger charge is 2.41. The van der Waals surface area contributed by atoms with Gasteiger partial charge in [-0.25, -0.2) is 4.98 Å². The van der Waals surface area contributed by atoms with E-state index in [1.807, 2.05) is 30.3 Å². The van der Waals surface area contributed by atoms with E-state index < -0.39 is 5.60 Å². The highest BCUT2D eigenvalue weighted by molar-refractivity contribution is 5.94. The molecular formula is C20H21ClN4O4. The van der Waals surface area contributed by atoms with Crippen molar-refractivity contribution in [3.8, 4) is 5.75 Å². The summed E-state index contributed by atoms with van der Waals surface area (Å²) in [5.41, 5.74) is 12.1. The third-order valence-electron chi connectivity index (χ3n) is 4.55. The molecule has 0 amide bonds. The number of nitrogen functional groups attached to an aromatic ring is 2. The van der Waals surface area contributed by atoms with Crippen LogP contribution in [0.25, 0.3) is 10.9 Å². The van der Waals surface area contributed by atoms with E-state index in [9.17, 15) is 5.11 Å². The van der Waals surface area contributed by atoms with Crippen LogP contribution >= 0.6 is 12.4 Å². The first kappa shape index (κ1) is 20.5. The Morgan fingerprint density at radius 3 is 2.55 bits per heavy atom. The lowest BCUT2D eigenvalue weighted by Crippen LogP contribution is -2.45. The summed E-state index contributed by atoms with van der Waals surface area (Å²) in [6, 6.07) is 14.9. The molecule has 152 valence electrons. The second-order valence-corrected chi connectivity index (χ2v) is 6.45. The number of halogens is 1. The first-order valence-electron chi connectivity index (χ1n) is 8.72. The minimum Gasteiger partial charge on any atom is -0.476 e. The van der Waals surface area contributed by atoms with E-state index in [0.29, 0.717) is 28.8 Å². The lowest BCUT2D eigenvalue weighted by molar-refractivity contribution is -0.0181. The molecule has 0 radical (unpaired) electrons. The average molecular weight is 417 g/mol. The normalized spacial score (nSPS) is 14.9. The second kappa shape index (κ2) is 8.42. The fourth-order valence-electron chi connectivity index (χ4n) is 3.24. The summed E-state index contributed by atoms with van der Waals surface area (Å²) in [5, 5.41) is 10.9. The number of nitrogens with zero attached hydrogens (tertiary/aromatic N) is 2. The summed E-state index contributed by atoms with van der Waals surface area (Å²) in [4.78, 5) is 8.24. The van der Waals surface area contributed by atoms with E-state index in [0.717, 1.165) is 5.56 Å². The maximum atomic E-state index is 10.4. The second-order valence-electron chi connectivity index (χ2n) is 6.45. The van der Waals surface area contributed by atoms with Crippen molar-refractivity contribution >= 4 is 35.1 Å². The van der Waals surface area contributed by atoms with Gasteiger partial charge in [0.15, 0.2) is 11.4 Å². The maximum absolute atomic E-state index is 10.4. The minimum absolute atomic E-state index is 0. The maximum Gasteiger partial charge on any atom is 0.230 e. The average Bonchev–Trinajstić information content (AvgIpc) is 3.23. The highest BCUT2D eigenvalue weighted by Crippen LogP contribution is 2.36. The molecule has 2 heterocycles. The predicted octanol–water partition coefficient (Wildman–Crippen LogP) is 2.41. The summed E-state index contributed by atoms with van der Waals surface area (Å²) in [7, 11) is 0. The zero-order chi connectivity index (χ0) is 19.6. The lowest BCUT2D eigenvalue weighted by Gasteiger charge is -2.33. The van der Waals surface area contributed by atoms with Crippen LogP contribution in [0.1, 0.15) is 5.56 Å². The van der Waals surface area contributed by atoms with Crippen molar-refractivity contribution in [3.63, 3.8) is 0 Å². The number of fused-ring (bicyclic) bond motifs is 1. The van der Waals surface area contributed by atoms with E-state index in [4.69, 9.17) is 25.7 Å². The van der Waals surface area contributed by atoms with Gasteiger partial charge in [-0.05, 0) is 17.7 Å². The Kier molecular flexibility index (Phi) is 5.95. The van der Waals surface area contributed by atoms with Crippen LogP contribution in [0.5, 0.6) is 5.75 Å². The van der Waals surface area contributed by atoms with Crippen molar-refractivity contribution in [1.82, 2.24) is 9.97 Å². The number of ether oxygens (including phenoxy) is 3. The van der Waals surface area contributed by atoms with Gasteiger partial charge in [0.2, 0.25) is 12.7 Å². The van der Waals surface area contributed by atoms with E-state index in [1.54, 1.807) is 18.2 Å². The van der Waals surface area contributed by atoms with E-state index in [1.165, 1.54) is 6.26 Å². The molecule has 3 aromatic rings. The van der Waals surface area contributed by atoms with Crippen LogP contribution in [0.2, 0.25) is 0 Å². The molecule has 1 atom stereocenters. The van der Waals surface area contributed by atoms with Gasteiger partial charge in [-0.3, -0.25) is 0 Å². The molecule has 1 aliphatic heterocycles. The van der Waals surface area contributed by atoms with Crippen molar-refractivity contribution in [2.45, 2.75) is 12.0 Å². The number of hydrogen-bond acceptors (Lipinski definition) is 8. The molecule has 2 aromatic carbocycles. The van der Waals surface area contributed by atoms with E-state index in [2.05, 4.69) is 9.97 Å². The van der Waals surface area contributed by atoms with Crippen LogP contribution in [0.3, 0.4) is 0 Å². The summed E-state index contributed by atoms with van der Waals surface area (Å²) < 4.78 is 17.2. The number of benzene rings is 2. The van der Waals surface area contributed by atoms with Crippen molar-refractivity contribution in [3.05, 3.63) is 66.1 Å². The monoisotopic (exact) mass is 416 g/mol. The first-order chi connectivity index (χ1) is 13.6. The molecule has 29 heavy (non-hydrogen) atoms. The molecular weight excluding hydrogens is 396 g/mol. The van der Waals surface area contributed by atoms with Crippen LogP contribution < -0.4 is 16.2 Å². The van der Waals surface area contributed by atoms with Gasteiger partial charge in [0, 0.05) is 6.42 Å². The SMILES string of the molecule is Cl.Nc1nc(N)c2c(OC(CO)(Cc3ccccc3)C3=COCO3)cccc2n1. The zero-order valence-corrected chi connectivity index (χ0v) is 16.3. The Morgan fingerprint density at radius 1 is 1.07 bits per heavy atom. The molecule has 1 aromatic heterocycles. The Labute approximate surface area is 173 Å². The fraction of sp³-hybridized carbons (Fsp3) is 0.200. The predicted molar refractivity (Wildman–Crippen MR) is 111 cm³/mol. The topological polar surface area (TPSA) is 126 Å². The van der Waals surface area contributed by atoms with Crippen LogP contribution in [-0.2, 0) is 15.9 Å². The molecule has 5 N–H and O–H groups in total. The third kappa shape index (κ3) is 3.98. The molecule has 1 aliphatic rings. The van der Waals surface area contributed by atoms with Gasteiger partial charge in [0.25, 0.3) is 0 Å². The molecule has 1 unspecified atom stereocenters. The van der Waals surface area contributed by atoms with E-state index in [-0.39, 0.29) is 37.6 Å². The molecule has 0 spiro atoms. The summed E-state index contributed by atoms with van der Waals surface area (Å²) >= 11 is 0. The Bertz CT molecular complexity index is 1030. The standard InChI is InChI=1S/C20H20N4O4.ClH/c21-18-17-14(23-19(22)24-18)7-4-8-15(17)28-20(11-25,16-10-26-12-27-16)9-13-5-2-1-3-6-13;/h1-8,10,25H,9,11-12H2,(H4,21,22,23,24);1H. The zero-order valence-electron chi connectivity index (χ0n) is 15.4. The number of nitrogens with two attached hydrogens (primary N) is 2. The summed E-state index contributed by atoms with van der Waals surface area (Å²) in [6.07, 6.45) is 1.81. The fourth-order valence-corrected chi connectivity index (χ4v) is 3.24. The van der Waals surface area contributed by atoms with Crippen LogP contribution in [0, 0.1) is 0 Å². The van der Waals surface area contributed by atoms with Crippen LogP contribution in [-0.4, -0.2) is 34.1 Å². The largest absolute Gasteiger partial charge is 0.476 e. The lowest BCUT2D eigenvalue weighted by atomic mass is 9.93. The molecule has 0 aliphatic carbocycles. The molecule has 0 saturated heterocycles. The number of anilines is 2. The molecule has 9 heteroatoms. The van der Waals surface area contributed by atoms with Crippen molar-refractivity contribution in [1.29, 1.82) is 0 Å². The number of rotatable bonds is 6. The van der Waals surface area contributed by atoms with Gasteiger partial charge in [-0.1, -0.05) is 36.4 Å². The smallest absolute Gasteiger partial charge is 0.230 e. The quantitative estimate of drug-likeness (QED) is 0.559. The molecule has 8 nitrogen and oxygen atoms in total.